The molecule has 5 heteroatoms. The van der Waals surface area contributed by atoms with Gasteiger partial charge in [0.1, 0.15) is 11.9 Å². The maximum Gasteiger partial charge on any atom is 0.410 e. The van der Waals surface area contributed by atoms with Crippen LogP contribution in [0.4, 0.5) is 4.79 Å². The molecule has 5 nitrogen and oxygen atoms in total. The molecule has 0 aromatic carbocycles. The van der Waals surface area contributed by atoms with Gasteiger partial charge in [0.15, 0.2) is 0 Å². The number of amides is 1. The summed E-state index contributed by atoms with van der Waals surface area (Å²) in [6, 6.07) is -0.384. The van der Waals surface area contributed by atoms with Crippen molar-refractivity contribution in [3.05, 3.63) is 0 Å². The Bertz CT molecular complexity index is 236. The van der Waals surface area contributed by atoms with Crippen molar-refractivity contribution in [2.45, 2.75) is 52.2 Å². The monoisotopic (exact) mass is 261 g/mol. The normalized spacial score (nSPS) is 11.9. The maximum atomic E-state index is 11.6. The summed E-state index contributed by atoms with van der Waals surface area (Å²) in [7, 11) is 4.84. The van der Waals surface area contributed by atoms with Crippen molar-refractivity contribution in [1.82, 2.24) is 4.90 Å². The molecule has 0 saturated carbocycles. The van der Waals surface area contributed by atoms with Crippen LogP contribution in [-0.4, -0.2) is 50.2 Å². The zero-order chi connectivity index (χ0) is 14.8. The molecule has 0 rings (SSSR count). The predicted molar refractivity (Wildman–Crippen MR) is 71.7 cm³/mol. The molecule has 1 atom stereocenters. The fourth-order valence-electron chi connectivity index (χ4n) is 1.12. The lowest BCUT2D eigenvalue weighted by molar-refractivity contribution is -0.112. The second-order valence-electron chi connectivity index (χ2n) is 4.99. The SMILES string of the molecule is CCCC(C=O)N(C)C(=O)OC(C)(C)C.COC. The van der Waals surface area contributed by atoms with Gasteiger partial charge in [-0.1, -0.05) is 13.3 Å². The zero-order valence-electron chi connectivity index (χ0n) is 12.6. The van der Waals surface area contributed by atoms with Crippen molar-refractivity contribution in [3.8, 4) is 0 Å². The fraction of sp³-hybridized carbons (Fsp3) is 0.846. The summed E-state index contributed by atoms with van der Waals surface area (Å²) >= 11 is 0. The number of hydrogen-bond acceptors (Lipinski definition) is 4. The second kappa shape index (κ2) is 9.88. The van der Waals surface area contributed by atoms with Crippen LogP contribution in [0.25, 0.3) is 0 Å². The molecule has 0 aliphatic carbocycles. The van der Waals surface area contributed by atoms with Crippen LogP contribution in [0.1, 0.15) is 40.5 Å². The van der Waals surface area contributed by atoms with Gasteiger partial charge in [-0.2, -0.15) is 0 Å². The molecule has 18 heavy (non-hydrogen) atoms. The van der Waals surface area contributed by atoms with E-state index in [1.807, 2.05) is 6.92 Å². The van der Waals surface area contributed by atoms with Crippen molar-refractivity contribution in [3.63, 3.8) is 0 Å². The Morgan fingerprint density at radius 1 is 1.33 bits per heavy atom. The first-order valence-corrected chi connectivity index (χ1v) is 6.04. The van der Waals surface area contributed by atoms with Gasteiger partial charge in [-0.05, 0) is 27.2 Å². The molecule has 1 unspecified atom stereocenters. The van der Waals surface area contributed by atoms with Crippen LogP contribution in [0.15, 0.2) is 0 Å². The van der Waals surface area contributed by atoms with Gasteiger partial charge < -0.3 is 19.2 Å². The van der Waals surface area contributed by atoms with Crippen LogP contribution in [0, 0.1) is 0 Å². The van der Waals surface area contributed by atoms with Gasteiger partial charge in [0.25, 0.3) is 0 Å². The minimum Gasteiger partial charge on any atom is -0.444 e. The standard InChI is InChI=1S/C11H21NO3.C2H6O/c1-6-7-9(8-13)12(5)10(14)15-11(2,3)4;1-3-2/h8-9H,6-7H2,1-5H3;1-2H3. The Labute approximate surface area is 110 Å². The van der Waals surface area contributed by atoms with Crippen LogP contribution < -0.4 is 0 Å². The molecule has 0 aliphatic rings. The van der Waals surface area contributed by atoms with Gasteiger partial charge in [0.2, 0.25) is 0 Å². The summed E-state index contributed by atoms with van der Waals surface area (Å²) in [5, 5.41) is 0. The molecule has 108 valence electrons. The average molecular weight is 261 g/mol. The molecule has 0 aromatic heterocycles. The molecule has 0 N–H and O–H groups in total. The van der Waals surface area contributed by atoms with Crippen LogP contribution >= 0.6 is 0 Å². The molecule has 0 fully saturated rings. The molecule has 0 saturated heterocycles. The van der Waals surface area contributed by atoms with E-state index in [4.69, 9.17) is 4.74 Å². The van der Waals surface area contributed by atoms with Crippen molar-refractivity contribution >= 4 is 12.4 Å². The third-order valence-corrected chi connectivity index (χ3v) is 1.92. The summed E-state index contributed by atoms with van der Waals surface area (Å²) in [4.78, 5) is 23.7. The van der Waals surface area contributed by atoms with Crippen molar-refractivity contribution in [1.29, 1.82) is 0 Å². The average Bonchev–Trinajstić information content (AvgIpc) is 2.23. The van der Waals surface area contributed by atoms with Crippen molar-refractivity contribution in [2.75, 3.05) is 21.3 Å². The van der Waals surface area contributed by atoms with Gasteiger partial charge in [-0.25, -0.2) is 4.79 Å². The lowest BCUT2D eigenvalue weighted by Gasteiger charge is -2.27. The summed E-state index contributed by atoms with van der Waals surface area (Å²) in [5.41, 5.74) is -0.523. The molecule has 0 aliphatic heterocycles. The van der Waals surface area contributed by atoms with Crippen molar-refractivity contribution in [2.24, 2.45) is 0 Å². The Morgan fingerprint density at radius 3 is 2.06 bits per heavy atom. The van der Waals surface area contributed by atoms with E-state index in [9.17, 15) is 9.59 Å². The van der Waals surface area contributed by atoms with Crippen molar-refractivity contribution < 1.29 is 19.1 Å². The zero-order valence-corrected chi connectivity index (χ0v) is 12.6. The van der Waals surface area contributed by atoms with E-state index < -0.39 is 11.7 Å². The topological polar surface area (TPSA) is 55.8 Å². The number of likely N-dealkylation sites (N-methyl/N-ethyl adjacent to an activating group) is 1. The van der Waals surface area contributed by atoms with Gasteiger partial charge >= 0.3 is 6.09 Å². The number of methoxy groups -OCH3 is 1. The Balaban J connectivity index is 0. The van der Waals surface area contributed by atoms with Crippen LogP contribution in [0.3, 0.4) is 0 Å². The summed E-state index contributed by atoms with van der Waals surface area (Å²) in [6.07, 6.45) is 1.86. The minimum absolute atomic E-state index is 0.384. The first-order valence-electron chi connectivity index (χ1n) is 6.04. The summed E-state index contributed by atoms with van der Waals surface area (Å²) in [5.74, 6) is 0. The maximum absolute atomic E-state index is 11.6. The van der Waals surface area contributed by atoms with Crippen LogP contribution in [0.5, 0.6) is 0 Å². The fourth-order valence-corrected chi connectivity index (χ4v) is 1.12. The molecule has 1 amide bonds. The van der Waals surface area contributed by atoms with Gasteiger partial charge in [0.05, 0.1) is 6.04 Å². The Morgan fingerprint density at radius 2 is 1.78 bits per heavy atom. The number of aldehydes is 1. The largest absolute Gasteiger partial charge is 0.444 e. The Kier molecular flexibility index (Phi) is 10.6. The summed E-state index contributed by atoms with van der Waals surface area (Å²) in [6.45, 7) is 7.37. The first-order chi connectivity index (χ1) is 8.23. The molecule has 0 radical (unpaired) electrons. The highest BCUT2D eigenvalue weighted by atomic mass is 16.6. The van der Waals surface area contributed by atoms with E-state index in [1.54, 1.807) is 42.0 Å². The highest BCUT2D eigenvalue weighted by Gasteiger charge is 2.24. The van der Waals surface area contributed by atoms with Crippen LogP contribution in [-0.2, 0) is 14.3 Å². The smallest absolute Gasteiger partial charge is 0.410 e. The molecular weight excluding hydrogens is 234 g/mol. The van der Waals surface area contributed by atoms with E-state index >= 15 is 0 Å². The van der Waals surface area contributed by atoms with E-state index in [-0.39, 0.29) is 6.04 Å². The summed E-state index contributed by atoms with van der Waals surface area (Å²) < 4.78 is 9.41. The number of ether oxygens (including phenoxy) is 2. The molecule has 0 spiro atoms. The highest BCUT2D eigenvalue weighted by molar-refractivity contribution is 5.73. The second-order valence-corrected chi connectivity index (χ2v) is 4.99. The first kappa shape index (κ1) is 19.2. The van der Waals surface area contributed by atoms with E-state index in [1.165, 1.54) is 4.90 Å². The van der Waals surface area contributed by atoms with E-state index in [0.717, 1.165) is 12.7 Å². The van der Waals surface area contributed by atoms with E-state index in [0.29, 0.717) is 6.42 Å². The number of rotatable bonds is 4. The van der Waals surface area contributed by atoms with E-state index in [2.05, 4.69) is 4.74 Å². The predicted octanol–water partition coefficient (Wildman–Crippen LogP) is 2.48. The minimum atomic E-state index is -0.523. The molecule has 0 bridgehead atoms. The lowest BCUT2D eigenvalue weighted by atomic mass is 10.1. The molecule has 0 heterocycles. The Hall–Kier alpha value is -1.10. The number of carbonyl (C=O) groups excluding carboxylic acids is 2. The van der Waals surface area contributed by atoms with Gasteiger partial charge in [-0.3, -0.25) is 0 Å². The lowest BCUT2D eigenvalue weighted by Crippen LogP contribution is -2.41. The molecular formula is C13H27NO4. The number of nitrogens with zero attached hydrogens (tertiary/aromatic N) is 1. The quantitative estimate of drug-likeness (QED) is 0.730. The van der Waals surface area contributed by atoms with Gasteiger partial charge in [-0.15, -0.1) is 0 Å². The molecule has 0 aromatic rings. The van der Waals surface area contributed by atoms with Gasteiger partial charge in [0, 0.05) is 21.3 Å². The van der Waals surface area contributed by atoms with Crippen LogP contribution in [0.2, 0.25) is 0 Å². The number of carbonyl (C=O) groups is 2. The third kappa shape index (κ3) is 10.1. The third-order valence-electron chi connectivity index (χ3n) is 1.92. The highest BCUT2D eigenvalue weighted by Crippen LogP contribution is 2.11. The number of hydrogen-bond donors (Lipinski definition) is 0.